The fourth-order valence-electron chi connectivity index (χ4n) is 8.97. The number of benzene rings is 1. The fourth-order valence-corrected chi connectivity index (χ4v) is 9.27. The lowest BCUT2D eigenvalue weighted by molar-refractivity contribution is -0.0717. The van der Waals surface area contributed by atoms with Crippen molar-refractivity contribution in [2.45, 2.75) is 76.1 Å². The van der Waals surface area contributed by atoms with Gasteiger partial charge in [0.2, 0.25) is 0 Å². The number of ether oxygens (including phenoxy) is 3. The number of carbonyl (C=O) groups is 1. The smallest absolute Gasteiger partial charge is 0.461 e. The highest BCUT2D eigenvalue weighted by Gasteiger charge is 2.50. The van der Waals surface area contributed by atoms with E-state index in [1.165, 1.54) is 0 Å². The molecule has 11 rings (SSSR count). The van der Waals surface area contributed by atoms with Crippen LogP contribution in [0.5, 0.6) is 6.01 Å². The number of aromatic amines is 1. The average Bonchev–Trinajstić information content (AvgIpc) is 3.73. The zero-order valence-corrected chi connectivity index (χ0v) is 27.0. The van der Waals surface area contributed by atoms with E-state index in [0.29, 0.717) is 53.6 Å². The van der Waals surface area contributed by atoms with Crippen molar-refractivity contribution in [1.29, 1.82) is 0 Å². The van der Waals surface area contributed by atoms with E-state index >= 15 is 0 Å². The van der Waals surface area contributed by atoms with Crippen LogP contribution in [-0.2, 0) is 15.9 Å². The molecule has 4 aromatic rings. The Morgan fingerprint density at radius 2 is 2.02 bits per heavy atom. The quantitative estimate of drug-likeness (QED) is 0.285. The first kappa shape index (κ1) is 29.3. The lowest BCUT2D eigenvalue weighted by Crippen LogP contribution is -2.53. The van der Waals surface area contributed by atoms with E-state index in [2.05, 4.69) is 20.0 Å². The van der Waals surface area contributed by atoms with Gasteiger partial charge >= 0.3 is 12.2 Å². The van der Waals surface area contributed by atoms with E-state index in [4.69, 9.17) is 46.0 Å². The molecule has 0 amide bonds. The Hall–Kier alpha value is -3.84. The standard InChI is InChI=1S/C33H36ClFN8O4/c1-18-26-25-21(23(34)10-24-22(25)14-36-39-24)4-9-45-31(44)47-20-12-32(13-20)5-2-7-42(16-32)29-28(41-40-26)27(18)37-30(38-29)46-17-33-6-3-8-43(33)15-19(35)11-33/h10,14,19-20H,2-9,11-13,15-17H2,1H3,(H,36,39)/t19-,20?,32?,33+/m1/s1. The van der Waals surface area contributed by atoms with Crippen LogP contribution in [0.25, 0.3) is 33.2 Å². The molecule has 1 aliphatic carbocycles. The Morgan fingerprint density at radius 1 is 1.15 bits per heavy atom. The summed E-state index contributed by atoms with van der Waals surface area (Å²) >= 11 is 6.86. The number of aromatic nitrogens is 6. The van der Waals surface area contributed by atoms with Gasteiger partial charge in [0.25, 0.3) is 0 Å². The molecule has 2 atom stereocenters. The maximum absolute atomic E-state index is 14.6. The number of H-pyrrole nitrogens is 1. The molecular formula is C33H36ClFN8O4. The summed E-state index contributed by atoms with van der Waals surface area (Å²) in [6.07, 6.45) is 6.27. The number of nitrogens with zero attached hydrogens (tertiary/aromatic N) is 7. The number of hydrogen-bond donors (Lipinski definition) is 1. The van der Waals surface area contributed by atoms with Crippen LogP contribution in [-0.4, -0.2) is 98.6 Å². The van der Waals surface area contributed by atoms with Crippen LogP contribution in [0.3, 0.4) is 0 Å². The normalized spacial score (nSPS) is 29.0. The molecule has 3 aromatic heterocycles. The summed E-state index contributed by atoms with van der Waals surface area (Å²) in [6.45, 7) is 5.25. The third kappa shape index (κ3) is 4.79. The van der Waals surface area contributed by atoms with E-state index in [1.54, 1.807) is 6.20 Å². The number of carbonyl (C=O) groups excluding carboxylic acids is 1. The molecular weight excluding hydrogens is 627 g/mol. The van der Waals surface area contributed by atoms with Gasteiger partial charge in [-0.1, -0.05) is 11.6 Å². The molecule has 0 unspecified atom stereocenters. The SMILES string of the molecule is Cc1c2nnc3c(nc(OC[C@@]45CCCN4C[C@H](F)C5)nc13)N1CCCC3(CC(C3)OC(=O)OCCc3c(Cl)cc4[nH]ncc4c3-2)C1. The van der Waals surface area contributed by atoms with Gasteiger partial charge < -0.3 is 19.1 Å². The first-order valence-electron chi connectivity index (χ1n) is 16.6. The van der Waals surface area contributed by atoms with Gasteiger partial charge in [-0.3, -0.25) is 10.00 Å². The topological polar surface area (TPSA) is 131 Å². The minimum absolute atomic E-state index is 0.00217. The van der Waals surface area contributed by atoms with Crippen molar-refractivity contribution in [3.8, 4) is 17.3 Å². The summed E-state index contributed by atoms with van der Waals surface area (Å²) in [6, 6.07) is 2.07. The zero-order chi connectivity index (χ0) is 31.9. The molecule has 1 saturated carbocycles. The summed E-state index contributed by atoms with van der Waals surface area (Å²) in [7, 11) is 0. The van der Waals surface area contributed by atoms with Gasteiger partial charge in [0.15, 0.2) is 11.3 Å². The second kappa shape index (κ2) is 10.8. The summed E-state index contributed by atoms with van der Waals surface area (Å²) in [5, 5.41) is 18.2. The Morgan fingerprint density at radius 3 is 2.91 bits per heavy atom. The molecule has 4 fully saturated rings. The van der Waals surface area contributed by atoms with Crippen LogP contribution in [0, 0.1) is 12.3 Å². The van der Waals surface area contributed by atoms with Crippen LogP contribution < -0.4 is 9.64 Å². The molecule has 1 aromatic carbocycles. The summed E-state index contributed by atoms with van der Waals surface area (Å²) in [4.78, 5) is 27.1. The highest BCUT2D eigenvalue weighted by atomic mass is 35.5. The van der Waals surface area contributed by atoms with Crippen molar-refractivity contribution in [3.05, 3.63) is 28.4 Å². The molecule has 0 radical (unpaired) electrons. The predicted molar refractivity (Wildman–Crippen MR) is 172 cm³/mol. The van der Waals surface area contributed by atoms with E-state index in [9.17, 15) is 9.18 Å². The molecule has 246 valence electrons. The molecule has 9 heterocycles. The highest BCUT2D eigenvalue weighted by molar-refractivity contribution is 6.33. The minimum Gasteiger partial charge on any atom is -0.461 e. The first-order valence-corrected chi connectivity index (χ1v) is 17.0. The monoisotopic (exact) mass is 662 g/mol. The van der Waals surface area contributed by atoms with Crippen molar-refractivity contribution in [2.24, 2.45) is 5.41 Å². The number of rotatable bonds is 3. The fraction of sp³-hybridized carbons (Fsp3) is 0.576. The lowest BCUT2D eigenvalue weighted by atomic mass is 9.62. The maximum atomic E-state index is 14.6. The van der Waals surface area contributed by atoms with Gasteiger partial charge in [0.1, 0.15) is 24.4 Å². The molecule has 6 aliphatic heterocycles. The highest BCUT2D eigenvalue weighted by Crippen LogP contribution is 2.50. The van der Waals surface area contributed by atoms with E-state index < -0.39 is 12.3 Å². The summed E-state index contributed by atoms with van der Waals surface area (Å²) in [5.74, 6) is 0.676. The van der Waals surface area contributed by atoms with E-state index in [1.807, 2.05) is 13.0 Å². The van der Waals surface area contributed by atoms with Gasteiger partial charge in [0.05, 0.1) is 29.6 Å². The lowest BCUT2D eigenvalue weighted by Gasteiger charge is -2.52. The molecule has 1 spiro atoms. The first-order chi connectivity index (χ1) is 22.8. The van der Waals surface area contributed by atoms with Crippen LogP contribution in [0.2, 0.25) is 5.02 Å². The molecule has 7 bridgehead atoms. The second-order valence-electron chi connectivity index (χ2n) is 14.1. The van der Waals surface area contributed by atoms with Gasteiger partial charge in [-0.15, -0.1) is 10.2 Å². The minimum atomic E-state index is -0.852. The zero-order valence-electron chi connectivity index (χ0n) is 26.2. The van der Waals surface area contributed by atoms with Crippen LogP contribution in [0.1, 0.15) is 56.1 Å². The van der Waals surface area contributed by atoms with Gasteiger partial charge in [-0.25, -0.2) is 9.18 Å². The largest absolute Gasteiger partial charge is 0.508 e. The molecule has 12 nitrogen and oxygen atoms in total. The van der Waals surface area contributed by atoms with Crippen LogP contribution >= 0.6 is 11.6 Å². The number of aryl methyl sites for hydroxylation is 1. The van der Waals surface area contributed by atoms with E-state index in [-0.39, 0.29) is 29.7 Å². The van der Waals surface area contributed by atoms with Gasteiger partial charge in [0, 0.05) is 54.0 Å². The Kier molecular flexibility index (Phi) is 6.76. The van der Waals surface area contributed by atoms with Crippen molar-refractivity contribution < 1.29 is 23.4 Å². The number of piperidine rings is 1. The molecule has 3 saturated heterocycles. The molecule has 1 N–H and O–H groups in total. The molecule has 14 heteroatoms. The number of halogens is 2. The predicted octanol–water partition coefficient (Wildman–Crippen LogP) is 5.34. The van der Waals surface area contributed by atoms with E-state index in [0.717, 1.165) is 85.8 Å². The number of hydrogen-bond acceptors (Lipinski definition) is 11. The van der Waals surface area contributed by atoms with Crippen molar-refractivity contribution in [1.82, 2.24) is 35.3 Å². The van der Waals surface area contributed by atoms with Gasteiger partial charge in [-0.05, 0) is 69.0 Å². The maximum Gasteiger partial charge on any atom is 0.508 e. The number of alkyl halides is 1. The van der Waals surface area contributed by atoms with Crippen molar-refractivity contribution in [2.75, 3.05) is 44.3 Å². The van der Waals surface area contributed by atoms with Gasteiger partial charge in [-0.2, -0.15) is 15.1 Å². The van der Waals surface area contributed by atoms with Crippen molar-refractivity contribution >= 4 is 45.5 Å². The Labute approximate surface area is 275 Å². The summed E-state index contributed by atoms with van der Waals surface area (Å²) in [5.41, 5.74) is 4.53. The number of anilines is 1. The Balaban J connectivity index is 1.20. The molecule has 7 aliphatic rings. The average molecular weight is 663 g/mol. The molecule has 47 heavy (non-hydrogen) atoms. The van der Waals surface area contributed by atoms with Crippen molar-refractivity contribution in [3.63, 3.8) is 0 Å². The van der Waals surface area contributed by atoms with Crippen LogP contribution in [0.4, 0.5) is 15.0 Å². The Bertz CT molecular complexity index is 1920. The summed E-state index contributed by atoms with van der Waals surface area (Å²) < 4.78 is 32.3. The number of fused-ring (bicyclic) bond motifs is 2. The third-order valence-corrected chi connectivity index (χ3v) is 11.5. The third-order valence-electron chi connectivity index (χ3n) is 11.2. The second-order valence-corrected chi connectivity index (χ2v) is 14.5. The van der Waals surface area contributed by atoms with Crippen LogP contribution in [0.15, 0.2) is 12.3 Å². The number of nitrogens with one attached hydrogen (secondary N) is 1.